The first kappa shape index (κ1) is 23.1. The Balaban J connectivity index is 1.54. The summed E-state index contributed by atoms with van der Waals surface area (Å²) in [4.78, 5) is 26.5. The van der Waals surface area contributed by atoms with E-state index in [1.54, 1.807) is 18.2 Å². The second-order valence-electron chi connectivity index (χ2n) is 8.58. The Morgan fingerprint density at radius 1 is 0.794 bits per heavy atom. The molecule has 0 bridgehead atoms. The number of rotatable bonds is 8. The SMILES string of the molecule is CC(C)C[C@H](NC(=O)c1cccc2ccccc12)C(=O)Nc1ccccc1Oc1ccccc1. The summed E-state index contributed by atoms with van der Waals surface area (Å²) in [6.45, 7) is 4.05. The minimum atomic E-state index is -0.698. The van der Waals surface area contributed by atoms with Crippen LogP contribution in [0.2, 0.25) is 0 Å². The number of carbonyl (C=O) groups is 2. The van der Waals surface area contributed by atoms with Crippen molar-refractivity contribution in [2.24, 2.45) is 5.92 Å². The van der Waals surface area contributed by atoms with Crippen molar-refractivity contribution < 1.29 is 14.3 Å². The van der Waals surface area contributed by atoms with Gasteiger partial charge in [0.25, 0.3) is 5.91 Å². The maximum absolute atomic E-state index is 13.3. The van der Waals surface area contributed by atoms with Gasteiger partial charge in [-0.1, -0.05) is 80.6 Å². The van der Waals surface area contributed by atoms with Gasteiger partial charge in [0.2, 0.25) is 5.91 Å². The summed E-state index contributed by atoms with van der Waals surface area (Å²) in [5.41, 5.74) is 1.09. The van der Waals surface area contributed by atoms with Gasteiger partial charge in [0.15, 0.2) is 5.75 Å². The van der Waals surface area contributed by atoms with Gasteiger partial charge in [0.05, 0.1) is 5.69 Å². The third kappa shape index (κ3) is 5.62. The number of hydrogen-bond acceptors (Lipinski definition) is 3. The zero-order chi connectivity index (χ0) is 23.9. The summed E-state index contributed by atoms with van der Waals surface area (Å²) < 4.78 is 5.97. The van der Waals surface area contributed by atoms with Crippen LogP contribution in [0, 0.1) is 5.92 Å². The summed E-state index contributed by atoms with van der Waals surface area (Å²) in [5, 5.41) is 7.74. The average molecular weight is 453 g/mol. The molecule has 34 heavy (non-hydrogen) atoms. The van der Waals surface area contributed by atoms with Crippen molar-refractivity contribution in [3.63, 3.8) is 0 Å². The number of amides is 2. The van der Waals surface area contributed by atoms with E-state index in [-0.39, 0.29) is 17.7 Å². The van der Waals surface area contributed by atoms with Gasteiger partial charge < -0.3 is 15.4 Å². The van der Waals surface area contributed by atoms with Gasteiger partial charge in [-0.05, 0) is 53.4 Å². The molecule has 4 rings (SSSR count). The van der Waals surface area contributed by atoms with Crippen molar-refractivity contribution in [3.8, 4) is 11.5 Å². The summed E-state index contributed by atoms with van der Waals surface area (Å²) in [5.74, 6) is 0.857. The van der Waals surface area contributed by atoms with Crippen LogP contribution in [0.1, 0.15) is 30.6 Å². The van der Waals surface area contributed by atoms with Gasteiger partial charge in [-0.25, -0.2) is 0 Å². The van der Waals surface area contributed by atoms with Gasteiger partial charge in [-0.3, -0.25) is 9.59 Å². The van der Waals surface area contributed by atoms with E-state index in [9.17, 15) is 9.59 Å². The fourth-order valence-corrected chi connectivity index (χ4v) is 3.86. The number of hydrogen-bond donors (Lipinski definition) is 2. The molecule has 172 valence electrons. The number of benzene rings is 4. The van der Waals surface area contributed by atoms with E-state index in [0.29, 0.717) is 29.2 Å². The van der Waals surface area contributed by atoms with E-state index in [2.05, 4.69) is 10.6 Å². The smallest absolute Gasteiger partial charge is 0.252 e. The van der Waals surface area contributed by atoms with Crippen LogP contribution in [0.15, 0.2) is 97.1 Å². The fourth-order valence-electron chi connectivity index (χ4n) is 3.86. The number of fused-ring (bicyclic) bond motifs is 1. The van der Waals surface area contributed by atoms with E-state index in [1.807, 2.05) is 92.7 Å². The molecule has 2 N–H and O–H groups in total. The molecule has 0 heterocycles. The molecule has 0 unspecified atom stereocenters. The van der Waals surface area contributed by atoms with E-state index in [0.717, 1.165) is 10.8 Å². The zero-order valence-corrected chi connectivity index (χ0v) is 19.3. The lowest BCUT2D eigenvalue weighted by molar-refractivity contribution is -0.118. The first-order valence-electron chi connectivity index (χ1n) is 11.4. The lowest BCUT2D eigenvalue weighted by Crippen LogP contribution is -2.44. The van der Waals surface area contributed by atoms with Crippen molar-refractivity contribution >= 4 is 28.3 Å². The number of anilines is 1. The molecule has 0 radical (unpaired) electrons. The molecule has 0 aliphatic carbocycles. The zero-order valence-electron chi connectivity index (χ0n) is 19.3. The molecule has 5 nitrogen and oxygen atoms in total. The maximum atomic E-state index is 13.3. The quantitative estimate of drug-likeness (QED) is 0.324. The topological polar surface area (TPSA) is 67.4 Å². The average Bonchev–Trinajstić information content (AvgIpc) is 2.84. The molecule has 4 aromatic rings. The Morgan fingerprint density at radius 3 is 2.26 bits per heavy atom. The minimum absolute atomic E-state index is 0.208. The Labute approximate surface area is 199 Å². The largest absolute Gasteiger partial charge is 0.455 e. The lowest BCUT2D eigenvalue weighted by atomic mass is 10.0. The second-order valence-corrected chi connectivity index (χ2v) is 8.58. The Hall–Kier alpha value is -4.12. The van der Waals surface area contributed by atoms with Crippen LogP contribution >= 0.6 is 0 Å². The molecule has 2 amide bonds. The number of ether oxygens (including phenoxy) is 1. The van der Waals surface area contributed by atoms with Crippen LogP contribution in [0.3, 0.4) is 0 Å². The van der Waals surface area contributed by atoms with Crippen LogP contribution in [0.25, 0.3) is 10.8 Å². The van der Waals surface area contributed by atoms with Crippen LogP contribution in [-0.4, -0.2) is 17.9 Å². The third-order valence-electron chi connectivity index (χ3n) is 5.48. The number of carbonyl (C=O) groups excluding carboxylic acids is 2. The van der Waals surface area contributed by atoms with Gasteiger partial charge in [0, 0.05) is 5.56 Å². The van der Waals surface area contributed by atoms with Gasteiger partial charge >= 0.3 is 0 Å². The highest BCUT2D eigenvalue weighted by Gasteiger charge is 2.24. The first-order valence-corrected chi connectivity index (χ1v) is 11.4. The first-order chi connectivity index (χ1) is 16.5. The van der Waals surface area contributed by atoms with E-state index < -0.39 is 6.04 Å². The Morgan fingerprint density at radius 2 is 1.47 bits per heavy atom. The number of nitrogens with one attached hydrogen (secondary N) is 2. The van der Waals surface area contributed by atoms with Crippen molar-refractivity contribution in [3.05, 3.63) is 103 Å². The van der Waals surface area contributed by atoms with Crippen LogP contribution in [0.4, 0.5) is 5.69 Å². The third-order valence-corrected chi connectivity index (χ3v) is 5.48. The molecule has 0 fully saturated rings. The Bertz CT molecular complexity index is 1280. The van der Waals surface area contributed by atoms with Crippen LogP contribution in [-0.2, 0) is 4.79 Å². The number of para-hydroxylation sites is 3. The van der Waals surface area contributed by atoms with Crippen molar-refractivity contribution in [2.75, 3.05) is 5.32 Å². The van der Waals surface area contributed by atoms with E-state index >= 15 is 0 Å². The standard InChI is InChI=1S/C29H28N2O3/c1-20(2)19-26(31-28(32)24-16-10-12-21-11-6-7-15-23(21)24)29(33)30-25-17-8-9-18-27(25)34-22-13-4-3-5-14-22/h3-18,20,26H,19H2,1-2H3,(H,30,33)(H,31,32)/t26-/m0/s1. The van der Waals surface area contributed by atoms with Crippen molar-refractivity contribution in [2.45, 2.75) is 26.3 Å². The highest BCUT2D eigenvalue weighted by atomic mass is 16.5. The van der Waals surface area contributed by atoms with E-state index in [4.69, 9.17) is 4.74 Å². The minimum Gasteiger partial charge on any atom is -0.455 e. The molecular weight excluding hydrogens is 424 g/mol. The molecule has 0 spiro atoms. The molecule has 0 aliphatic rings. The Kier molecular flexibility index (Phi) is 7.23. The van der Waals surface area contributed by atoms with Crippen LogP contribution < -0.4 is 15.4 Å². The molecule has 0 aromatic heterocycles. The highest BCUT2D eigenvalue weighted by molar-refractivity contribution is 6.09. The predicted octanol–water partition coefficient (Wildman–Crippen LogP) is 6.42. The monoisotopic (exact) mass is 452 g/mol. The molecule has 4 aromatic carbocycles. The van der Waals surface area contributed by atoms with Crippen LogP contribution in [0.5, 0.6) is 11.5 Å². The summed E-state index contributed by atoms with van der Waals surface area (Å²) in [7, 11) is 0. The van der Waals surface area contributed by atoms with Crippen molar-refractivity contribution in [1.29, 1.82) is 0 Å². The fraction of sp³-hybridized carbons (Fsp3) is 0.172. The van der Waals surface area contributed by atoms with Gasteiger partial charge in [-0.15, -0.1) is 0 Å². The van der Waals surface area contributed by atoms with E-state index in [1.165, 1.54) is 0 Å². The summed E-state index contributed by atoms with van der Waals surface area (Å²) in [6, 6.07) is 29.3. The second kappa shape index (κ2) is 10.7. The molecular formula is C29H28N2O3. The molecule has 0 saturated carbocycles. The molecule has 1 atom stereocenters. The summed E-state index contributed by atoms with van der Waals surface area (Å²) >= 11 is 0. The normalized spacial score (nSPS) is 11.7. The molecule has 0 aliphatic heterocycles. The van der Waals surface area contributed by atoms with Gasteiger partial charge in [0.1, 0.15) is 11.8 Å². The maximum Gasteiger partial charge on any atom is 0.252 e. The van der Waals surface area contributed by atoms with Gasteiger partial charge in [-0.2, -0.15) is 0 Å². The molecule has 0 saturated heterocycles. The predicted molar refractivity (Wildman–Crippen MR) is 136 cm³/mol. The summed E-state index contributed by atoms with van der Waals surface area (Å²) in [6.07, 6.45) is 0.504. The lowest BCUT2D eigenvalue weighted by Gasteiger charge is -2.21. The van der Waals surface area contributed by atoms with Crippen molar-refractivity contribution in [1.82, 2.24) is 5.32 Å². The highest BCUT2D eigenvalue weighted by Crippen LogP contribution is 2.29. The molecule has 5 heteroatoms.